The highest BCUT2D eigenvalue weighted by Gasteiger charge is 2.32. The molecule has 0 radical (unpaired) electrons. The molecule has 1 amide bonds. The fourth-order valence-electron chi connectivity index (χ4n) is 4.21. The minimum Gasteiger partial charge on any atom is -0.367 e. The number of nitrogens with zero attached hydrogens (tertiary/aromatic N) is 3. The van der Waals surface area contributed by atoms with E-state index in [-0.39, 0.29) is 29.9 Å². The number of halogens is 3. The lowest BCUT2D eigenvalue weighted by atomic mass is 10.1. The number of carbonyl (C=O) groups is 1. The van der Waals surface area contributed by atoms with Gasteiger partial charge < -0.3 is 10.6 Å². The lowest BCUT2D eigenvalue weighted by molar-refractivity contribution is -0.137. The van der Waals surface area contributed by atoms with Crippen molar-refractivity contribution in [2.24, 2.45) is 0 Å². The molecule has 8 nitrogen and oxygen atoms in total. The first-order valence-corrected chi connectivity index (χ1v) is 13.6. The quantitative estimate of drug-likeness (QED) is 0.514. The van der Waals surface area contributed by atoms with Crippen LogP contribution in [0.1, 0.15) is 33.8 Å². The molecule has 0 bridgehead atoms. The molecule has 2 aliphatic rings. The number of alkyl halides is 3. The van der Waals surface area contributed by atoms with Crippen LogP contribution < -0.4 is 10.6 Å². The van der Waals surface area contributed by atoms with Gasteiger partial charge in [-0.3, -0.25) is 4.79 Å². The van der Waals surface area contributed by atoms with Crippen LogP contribution in [0, 0.1) is 0 Å². The van der Waals surface area contributed by atoms with Crippen LogP contribution in [0.4, 0.5) is 19.0 Å². The van der Waals surface area contributed by atoms with E-state index in [2.05, 4.69) is 20.6 Å². The van der Waals surface area contributed by atoms with Crippen LogP contribution >= 0.6 is 11.3 Å². The minimum absolute atomic E-state index is 0.101. The lowest BCUT2D eigenvalue weighted by Crippen LogP contribution is -2.42. The summed E-state index contributed by atoms with van der Waals surface area (Å²) in [7, 11) is -3.71. The third-order valence-corrected chi connectivity index (χ3v) is 9.25. The van der Waals surface area contributed by atoms with Crippen LogP contribution in [-0.2, 0) is 22.6 Å². The highest BCUT2D eigenvalue weighted by atomic mass is 32.2. The lowest BCUT2D eigenvalue weighted by Gasteiger charge is -2.32. The van der Waals surface area contributed by atoms with Crippen molar-refractivity contribution in [1.29, 1.82) is 0 Å². The average Bonchev–Trinajstić information content (AvgIpc) is 3.30. The predicted octanol–water partition coefficient (Wildman–Crippen LogP) is 3.78. The van der Waals surface area contributed by atoms with Crippen molar-refractivity contribution < 1.29 is 26.4 Å². The van der Waals surface area contributed by atoms with Crippen LogP contribution in [0.3, 0.4) is 0 Å². The summed E-state index contributed by atoms with van der Waals surface area (Å²) in [4.78, 5) is 21.1. The number of thiazole rings is 1. The summed E-state index contributed by atoms with van der Waals surface area (Å²) in [5, 5.41) is 6.55. The molecule has 2 aliphatic heterocycles. The van der Waals surface area contributed by atoms with Crippen molar-refractivity contribution in [2.45, 2.75) is 36.4 Å². The molecule has 0 spiro atoms. The Bertz CT molecular complexity index is 1370. The van der Waals surface area contributed by atoms with Crippen LogP contribution in [0.2, 0.25) is 0 Å². The molecule has 2 aromatic heterocycles. The molecule has 1 saturated heterocycles. The summed E-state index contributed by atoms with van der Waals surface area (Å²) in [5.74, 6) is 0.187. The molecule has 1 fully saturated rings. The Morgan fingerprint density at radius 1 is 1.08 bits per heavy atom. The van der Waals surface area contributed by atoms with E-state index in [0.29, 0.717) is 41.5 Å². The second kappa shape index (κ2) is 9.45. The molecule has 5 rings (SSSR count). The molecule has 0 unspecified atom stereocenters. The molecule has 1 aromatic carbocycles. The van der Waals surface area contributed by atoms with E-state index in [4.69, 9.17) is 0 Å². The summed E-state index contributed by atoms with van der Waals surface area (Å²) in [6, 6.07) is 8.62. The molecule has 13 heteroatoms. The molecule has 4 heterocycles. The van der Waals surface area contributed by atoms with E-state index < -0.39 is 21.8 Å². The molecule has 190 valence electrons. The number of sulfonamides is 1. The number of fused-ring (bicyclic) bond motifs is 1. The highest BCUT2D eigenvalue weighted by Crippen LogP contribution is 2.32. The van der Waals surface area contributed by atoms with E-state index in [9.17, 15) is 26.4 Å². The summed E-state index contributed by atoms with van der Waals surface area (Å²) in [6.45, 7) is 1.10. The molecule has 3 aromatic rings. The van der Waals surface area contributed by atoms with Crippen LogP contribution in [-0.4, -0.2) is 54.3 Å². The van der Waals surface area contributed by atoms with E-state index in [1.54, 1.807) is 24.3 Å². The molecule has 36 heavy (non-hydrogen) atoms. The number of amides is 1. The predicted molar refractivity (Wildman–Crippen MR) is 128 cm³/mol. The minimum atomic E-state index is -4.44. The Balaban J connectivity index is 1.21. The number of hydrogen-bond acceptors (Lipinski definition) is 7. The summed E-state index contributed by atoms with van der Waals surface area (Å²) in [5.41, 5.74) is 0.687. The smallest absolute Gasteiger partial charge is 0.367 e. The van der Waals surface area contributed by atoms with Crippen molar-refractivity contribution >= 4 is 33.1 Å². The van der Waals surface area contributed by atoms with Gasteiger partial charge in [0.05, 0.1) is 16.2 Å². The van der Waals surface area contributed by atoms with Gasteiger partial charge in [-0.2, -0.15) is 17.5 Å². The van der Waals surface area contributed by atoms with Gasteiger partial charge in [0.2, 0.25) is 10.0 Å². The Morgan fingerprint density at radius 2 is 1.81 bits per heavy atom. The molecule has 0 atom stereocenters. The number of anilines is 1. The first-order valence-electron chi connectivity index (χ1n) is 11.3. The van der Waals surface area contributed by atoms with E-state index in [1.807, 2.05) is 0 Å². The van der Waals surface area contributed by atoms with Gasteiger partial charge in [0.25, 0.3) is 5.91 Å². The van der Waals surface area contributed by atoms with Gasteiger partial charge in [-0.05, 0) is 37.1 Å². The fraction of sp³-hybridized carbons (Fsp3) is 0.348. The number of pyridine rings is 1. The van der Waals surface area contributed by atoms with Gasteiger partial charge in [0.15, 0.2) is 0 Å². The molecule has 2 N–H and O–H groups in total. The monoisotopic (exact) mass is 537 g/mol. The van der Waals surface area contributed by atoms with Crippen LogP contribution in [0.15, 0.2) is 47.5 Å². The van der Waals surface area contributed by atoms with Gasteiger partial charge in [0, 0.05) is 43.9 Å². The van der Waals surface area contributed by atoms with E-state index >= 15 is 0 Å². The zero-order valence-electron chi connectivity index (χ0n) is 18.9. The molecular weight excluding hydrogens is 515 g/mol. The maximum Gasteiger partial charge on any atom is 0.417 e. The van der Waals surface area contributed by atoms with Crippen molar-refractivity contribution in [3.63, 3.8) is 0 Å². The fourth-order valence-corrected chi connectivity index (χ4v) is 6.72. The van der Waals surface area contributed by atoms with Gasteiger partial charge >= 0.3 is 6.18 Å². The first-order chi connectivity index (χ1) is 17.1. The largest absolute Gasteiger partial charge is 0.417 e. The Kier molecular flexibility index (Phi) is 6.47. The number of aromatic nitrogens is 2. The van der Waals surface area contributed by atoms with Crippen LogP contribution in [0.5, 0.6) is 0 Å². The summed E-state index contributed by atoms with van der Waals surface area (Å²) < 4.78 is 65.8. The Labute approximate surface area is 209 Å². The second-order valence-electron chi connectivity index (χ2n) is 8.58. The first kappa shape index (κ1) is 24.7. The van der Waals surface area contributed by atoms with Crippen molar-refractivity contribution in [3.8, 4) is 10.6 Å². The third-order valence-electron chi connectivity index (χ3n) is 6.19. The molecular formula is C23H22F3N5O3S2. The number of benzene rings is 1. The number of hydrogen-bond donors (Lipinski definition) is 2. The third kappa shape index (κ3) is 4.95. The number of rotatable bonds is 5. The van der Waals surface area contributed by atoms with Crippen molar-refractivity contribution in [1.82, 2.24) is 19.6 Å². The Morgan fingerprint density at radius 3 is 2.42 bits per heavy atom. The standard InChI is InChI=1S/C23H22F3N5O3S2/c24-23(25,26)15-3-6-19(28-13-15)29-16-8-11-31(12-9-16)36(33,34)17-4-1-14(2-5-17)22-30-18-7-10-27-21(32)20(18)35-22/h1-6,13,16H,7-12H2,(H,27,32)(H,28,29). The van der Waals surface area contributed by atoms with Gasteiger partial charge in [-0.15, -0.1) is 11.3 Å². The second-order valence-corrected chi connectivity index (χ2v) is 11.5. The zero-order chi connectivity index (χ0) is 25.5. The van der Waals surface area contributed by atoms with E-state index in [0.717, 1.165) is 23.5 Å². The topological polar surface area (TPSA) is 104 Å². The average molecular weight is 538 g/mol. The zero-order valence-corrected chi connectivity index (χ0v) is 20.5. The Hall–Kier alpha value is -3.03. The maximum atomic E-state index is 13.2. The van der Waals surface area contributed by atoms with Gasteiger partial charge in [-0.1, -0.05) is 12.1 Å². The van der Waals surface area contributed by atoms with Crippen molar-refractivity contribution in [3.05, 3.63) is 58.7 Å². The number of carbonyl (C=O) groups excluding carboxylic acids is 1. The SMILES string of the molecule is O=C1NCCc2nc(-c3ccc(S(=O)(=O)N4CCC(Nc5ccc(C(F)(F)F)cn5)CC4)cc3)sc21. The van der Waals surface area contributed by atoms with Gasteiger partial charge in [-0.25, -0.2) is 18.4 Å². The number of nitrogens with one attached hydrogen (secondary N) is 2. The normalized spacial score (nSPS) is 17.5. The van der Waals surface area contributed by atoms with Crippen LogP contribution in [0.25, 0.3) is 10.6 Å². The van der Waals surface area contributed by atoms with Crippen molar-refractivity contribution in [2.75, 3.05) is 25.0 Å². The molecule has 0 aliphatic carbocycles. The van der Waals surface area contributed by atoms with Gasteiger partial charge in [0.1, 0.15) is 15.7 Å². The molecule has 0 saturated carbocycles. The summed E-state index contributed by atoms with van der Waals surface area (Å²) >= 11 is 1.29. The van der Waals surface area contributed by atoms with E-state index in [1.165, 1.54) is 21.7 Å². The number of piperidine rings is 1. The summed E-state index contributed by atoms with van der Waals surface area (Å²) in [6.07, 6.45) is -2.01. The highest BCUT2D eigenvalue weighted by molar-refractivity contribution is 7.89. The maximum absolute atomic E-state index is 13.2.